The zero-order valence-corrected chi connectivity index (χ0v) is 13.6. The van der Waals surface area contributed by atoms with Crippen LogP contribution in [-0.2, 0) is 0 Å². The SMILES string of the molecule is Cc1ccc(SCSc2ccc(C)c(C)c2)cc1C. The molecule has 0 aromatic heterocycles. The fourth-order valence-corrected chi connectivity index (χ4v) is 3.95. The van der Waals surface area contributed by atoms with Gasteiger partial charge in [0, 0.05) is 14.9 Å². The average molecular weight is 288 g/mol. The van der Waals surface area contributed by atoms with Gasteiger partial charge in [-0.3, -0.25) is 0 Å². The van der Waals surface area contributed by atoms with Crippen LogP contribution in [0.15, 0.2) is 46.2 Å². The molecule has 0 atom stereocenters. The van der Waals surface area contributed by atoms with E-state index in [0.717, 1.165) is 5.08 Å². The minimum absolute atomic E-state index is 1.06. The molecule has 0 unspecified atom stereocenters. The van der Waals surface area contributed by atoms with Crippen molar-refractivity contribution in [3.63, 3.8) is 0 Å². The van der Waals surface area contributed by atoms with E-state index in [1.165, 1.54) is 32.0 Å². The van der Waals surface area contributed by atoms with E-state index in [2.05, 4.69) is 64.1 Å². The third-order valence-corrected chi connectivity index (χ3v) is 5.53. The molecule has 0 aliphatic heterocycles. The van der Waals surface area contributed by atoms with Gasteiger partial charge in [0.2, 0.25) is 0 Å². The van der Waals surface area contributed by atoms with Gasteiger partial charge in [0.15, 0.2) is 0 Å². The molecule has 2 aromatic carbocycles. The number of rotatable bonds is 4. The fourth-order valence-electron chi connectivity index (χ4n) is 1.77. The van der Waals surface area contributed by atoms with Gasteiger partial charge in [0.1, 0.15) is 0 Å². The maximum Gasteiger partial charge on any atom is 0.0486 e. The van der Waals surface area contributed by atoms with Crippen LogP contribution >= 0.6 is 23.5 Å². The summed E-state index contributed by atoms with van der Waals surface area (Å²) in [5.41, 5.74) is 5.49. The highest BCUT2D eigenvalue weighted by molar-refractivity contribution is 8.16. The molecule has 0 aliphatic carbocycles. The lowest BCUT2D eigenvalue weighted by atomic mass is 10.1. The van der Waals surface area contributed by atoms with Crippen molar-refractivity contribution in [1.82, 2.24) is 0 Å². The van der Waals surface area contributed by atoms with Gasteiger partial charge in [-0.15, -0.1) is 23.5 Å². The highest BCUT2D eigenvalue weighted by Crippen LogP contribution is 2.29. The van der Waals surface area contributed by atoms with Crippen LogP contribution in [0.4, 0.5) is 0 Å². The summed E-state index contributed by atoms with van der Waals surface area (Å²) < 4.78 is 0. The van der Waals surface area contributed by atoms with E-state index >= 15 is 0 Å². The van der Waals surface area contributed by atoms with E-state index in [4.69, 9.17) is 0 Å². The molecule has 0 radical (unpaired) electrons. The van der Waals surface area contributed by atoms with E-state index in [9.17, 15) is 0 Å². The number of thioether (sulfide) groups is 2. The van der Waals surface area contributed by atoms with E-state index in [-0.39, 0.29) is 0 Å². The number of benzene rings is 2. The van der Waals surface area contributed by atoms with E-state index in [1.54, 1.807) is 0 Å². The van der Waals surface area contributed by atoms with Crippen molar-refractivity contribution in [2.75, 3.05) is 5.08 Å². The summed E-state index contributed by atoms with van der Waals surface area (Å²) in [5, 5.41) is 1.06. The van der Waals surface area contributed by atoms with Gasteiger partial charge in [-0.2, -0.15) is 0 Å². The maximum atomic E-state index is 2.28. The molecule has 100 valence electrons. The molecular formula is C17H20S2. The number of hydrogen-bond donors (Lipinski definition) is 0. The maximum absolute atomic E-state index is 2.28. The molecule has 2 aromatic rings. The van der Waals surface area contributed by atoms with Crippen LogP contribution in [0.25, 0.3) is 0 Å². The van der Waals surface area contributed by atoms with Crippen molar-refractivity contribution >= 4 is 23.5 Å². The monoisotopic (exact) mass is 288 g/mol. The third-order valence-electron chi connectivity index (χ3n) is 3.41. The van der Waals surface area contributed by atoms with Crippen molar-refractivity contribution in [3.8, 4) is 0 Å². The molecule has 0 amide bonds. The summed E-state index contributed by atoms with van der Waals surface area (Å²) in [5.74, 6) is 0. The third kappa shape index (κ3) is 4.05. The van der Waals surface area contributed by atoms with Crippen molar-refractivity contribution in [3.05, 3.63) is 58.7 Å². The first kappa shape index (κ1) is 14.5. The Morgan fingerprint density at radius 2 is 1.05 bits per heavy atom. The van der Waals surface area contributed by atoms with Crippen molar-refractivity contribution < 1.29 is 0 Å². The molecule has 0 heterocycles. The molecule has 0 spiro atoms. The number of aryl methyl sites for hydroxylation is 4. The Balaban J connectivity index is 1.92. The van der Waals surface area contributed by atoms with Gasteiger partial charge in [-0.05, 0) is 74.2 Å². The van der Waals surface area contributed by atoms with Crippen LogP contribution in [0, 0.1) is 27.7 Å². The highest BCUT2D eigenvalue weighted by atomic mass is 32.2. The predicted octanol–water partition coefficient (Wildman–Crippen LogP) is 5.76. The Labute approximate surface area is 125 Å². The van der Waals surface area contributed by atoms with Gasteiger partial charge in [-0.1, -0.05) is 12.1 Å². The lowest BCUT2D eigenvalue weighted by Crippen LogP contribution is -1.83. The van der Waals surface area contributed by atoms with Crippen LogP contribution in [0.1, 0.15) is 22.3 Å². The Morgan fingerprint density at radius 3 is 1.42 bits per heavy atom. The summed E-state index contributed by atoms with van der Waals surface area (Å²) in [6.45, 7) is 8.67. The zero-order chi connectivity index (χ0) is 13.8. The highest BCUT2D eigenvalue weighted by Gasteiger charge is 2.00. The summed E-state index contributed by atoms with van der Waals surface area (Å²) in [4.78, 5) is 2.72. The molecule has 2 rings (SSSR count). The van der Waals surface area contributed by atoms with Gasteiger partial charge >= 0.3 is 0 Å². The van der Waals surface area contributed by atoms with Gasteiger partial charge in [-0.25, -0.2) is 0 Å². The Bertz CT molecular complexity index is 522. The van der Waals surface area contributed by atoms with E-state index < -0.39 is 0 Å². The first-order valence-electron chi connectivity index (χ1n) is 6.46. The molecule has 0 bridgehead atoms. The molecule has 19 heavy (non-hydrogen) atoms. The van der Waals surface area contributed by atoms with Crippen LogP contribution in [0.5, 0.6) is 0 Å². The van der Waals surface area contributed by atoms with Crippen LogP contribution in [-0.4, -0.2) is 5.08 Å². The Morgan fingerprint density at radius 1 is 0.632 bits per heavy atom. The molecule has 0 saturated heterocycles. The largest absolute Gasteiger partial charge is 0.115 e. The normalized spacial score (nSPS) is 10.7. The fraction of sp³-hybridized carbons (Fsp3) is 0.294. The summed E-state index contributed by atoms with van der Waals surface area (Å²) >= 11 is 3.82. The minimum Gasteiger partial charge on any atom is -0.115 e. The van der Waals surface area contributed by atoms with E-state index in [1.807, 2.05) is 23.5 Å². The Kier molecular flexibility index (Phi) is 5.00. The van der Waals surface area contributed by atoms with E-state index in [0.29, 0.717) is 0 Å². The lowest BCUT2D eigenvalue weighted by Gasteiger charge is -2.06. The molecule has 0 nitrogen and oxygen atoms in total. The summed E-state index contributed by atoms with van der Waals surface area (Å²) in [6, 6.07) is 13.4. The second-order valence-corrected chi connectivity index (χ2v) is 7.36. The summed E-state index contributed by atoms with van der Waals surface area (Å²) in [7, 11) is 0. The first-order chi connectivity index (χ1) is 9.06. The topological polar surface area (TPSA) is 0 Å². The molecule has 0 saturated carbocycles. The van der Waals surface area contributed by atoms with Gasteiger partial charge < -0.3 is 0 Å². The van der Waals surface area contributed by atoms with Crippen LogP contribution in [0.2, 0.25) is 0 Å². The smallest absolute Gasteiger partial charge is 0.0486 e. The van der Waals surface area contributed by atoms with Crippen LogP contribution < -0.4 is 0 Å². The van der Waals surface area contributed by atoms with Crippen molar-refractivity contribution in [2.24, 2.45) is 0 Å². The van der Waals surface area contributed by atoms with Crippen LogP contribution in [0.3, 0.4) is 0 Å². The standard InChI is InChI=1S/C17H20S2/c1-12-5-7-16(9-14(12)3)18-11-19-17-8-6-13(2)15(4)10-17/h5-10H,11H2,1-4H3. The minimum atomic E-state index is 1.06. The molecule has 0 aliphatic rings. The zero-order valence-electron chi connectivity index (χ0n) is 12.0. The van der Waals surface area contributed by atoms with Gasteiger partial charge in [0.05, 0.1) is 0 Å². The molecule has 0 N–H and O–H groups in total. The van der Waals surface area contributed by atoms with Gasteiger partial charge in [0.25, 0.3) is 0 Å². The Hall–Kier alpha value is -0.860. The van der Waals surface area contributed by atoms with Crippen molar-refractivity contribution in [1.29, 1.82) is 0 Å². The first-order valence-corrected chi connectivity index (χ1v) is 8.43. The molecule has 2 heteroatoms. The lowest BCUT2D eigenvalue weighted by molar-refractivity contribution is 1.28. The summed E-state index contributed by atoms with van der Waals surface area (Å²) in [6.07, 6.45) is 0. The van der Waals surface area contributed by atoms with Crippen molar-refractivity contribution in [2.45, 2.75) is 37.5 Å². The number of hydrogen-bond acceptors (Lipinski definition) is 2. The molecule has 0 fully saturated rings. The second kappa shape index (κ2) is 6.53. The predicted molar refractivity (Wildman–Crippen MR) is 88.4 cm³/mol. The average Bonchev–Trinajstić information content (AvgIpc) is 2.38. The second-order valence-electron chi connectivity index (χ2n) is 4.90. The molecular weight excluding hydrogens is 268 g/mol. The quantitative estimate of drug-likeness (QED) is 0.518.